The second-order valence-corrected chi connectivity index (χ2v) is 4.53. The van der Waals surface area contributed by atoms with Gasteiger partial charge in [0, 0.05) is 6.54 Å². The zero-order valence-corrected chi connectivity index (χ0v) is 8.83. The highest BCUT2D eigenvalue weighted by molar-refractivity contribution is 4.87. The molecule has 0 radical (unpaired) electrons. The summed E-state index contributed by atoms with van der Waals surface area (Å²) < 4.78 is 6.03. The van der Waals surface area contributed by atoms with E-state index in [1.54, 1.807) is 0 Å². The molecule has 3 aliphatic heterocycles. The molecule has 0 spiro atoms. The van der Waals surface area contributed by atoms with E-state index in [0.717, 1.165) is 12.3 Å². The van der Waals surface area contributed by atoms with Gasteiger partial charge in [0.25, 0.3) is 0 Å². The molecule has 2 atom stereocenters. The van der Waals surface area contributed by atoms with Gasteiger partial charge >= 0.3 is 0 Å². The Hall–Kier alpha value is -0.0800. The summed E-state index contributed by atoms with van der Waals surface area (Å²) in [6.45, 7) is 8.20. The van der Waals surface area contributed by atoms with E-state index in [0.29, 0.717) is 12.2 Å². The molecule has 0 amide bonds. The Kier molecular flexibility index (Phi) is 2.89. The summed E-state index contributed by atoms with van der Waals surface area (Å²) in [6.07, 6.45) is 4.86. The third kappa shape index (κ3) is 2.05. The lowest BCUT2D eigenvalue weighted by Gasteiger charge is -2.45. The summed E-state index contributed by atoms with van der Waals surface area (Å²) in [6, 6.07) is 0. The standard InChI is InChI=1S/C11H21NO/c1-3-9(2)13-11-8-12-6-4-10(11)5-7-12/h9-11H,3-8H2,1-2H3. The molecule has 2 nitrogen and oxygen atoms in total. The first-order valence-corrected chi connectivity index (χ1v) is 5.67. The summed E-state index contributed by atoms with van der Waals surface area (Å²) in [5.41, 5.74) is 0. The van der Waals surface area contributed by atoms with Gasteiger partial charge in [-0.2, -0.15) is 0 Å². The lowest BCUT2D eigenvalue weighted by molar-refractivity contribution is -0.0978. The first-order chi connectivity index (χ1) is 6.29. The van der Waals surface area contributed by atoms with Gasteiger partial charge in [-0.3, -0.25) is 0 Å². The predicted molar refractivity (Wildman–Crippen MR) is 53.8 cm³/mol. The average Bonchev–Trinajstić information content (AvgIpc) is 2.19. The Labute approximate surface area is 81.3 Å². The van der Waals surface area contributed by atoms with Crippen LogP contribution in [0.4, 0.5) is 0 Å². The molecule has 0 aromatic carbocycles. The molecule has 3 saturated heterocycles. The highest BCUT2D eigenvalue weighted by Gasteiger charge is 2.35. The molecule has 0 N–H and O–H groups in total. The van der Waals surface area contributed by atoms with Crippen LogP contribution in [0.2, 0.25) is 0 Å². The number of rotatable bonds is 3. The topological polar surface area (TPSA) is 12.5 Å². The number of fused-ring (bicyclic) bond motifs is 3. The Morgan fingerprint density at radius 2 is 2.08 bits per heavy atom. The largest absolute Gasteiger partial charge is 0.374 e. The van der Waals surface area contributed by atoms with E-state index in [2.05, 4.69) is 18.7 Å². The summed E-state index contributed by atoms with van der Waals surface area (Å²) in [7, 11) is 0. The van der Waals surface area contributed by atoms with Crippen LogP contribution < -0.4 is 0 Å². The number of hydrogen-bond acceptors (Lipinski definition) is 2. The summed E-state index contributed by atoms with van der Waals surface area (Å²) in [4.78, 5) is 2.55. The number of piperidine rings is 3. The van der Waals surface area contributed by atoms with Crippen molar-refractivity contribution in [3.63, 3.8) is 0 Å². The first kappa shape index (κ1) is 9.47. The molecule has 3 rings (SSSR count). The molecule has 76 valence electrons. The maximum absolute atomic E-state index is 6.03. The highest BCUT2D eigenvalue weighted by Crippen LogP contribution is 2.30. The zero-order chi connectivity index (χ0) is 9.26. The molecule has 0 saturated carbocycles. The van der Waals surface area contributed by atoms with Gasteiger partial charge in [0.1, 0.15) is 0 Å². The zero-order valence-electron chi connectivity index (χ0n) is 8.83. The minimum Gasteiger partial charge on any atom is -0.374 e. The van der Waals surface area contributed by atoms with Crippen molar-refractivity contribution in [1.29, 1.82) is 0 Å². The van der Waals surface area contributed by atoms with Crippen molar-refractivity contribution in [2.24, 2.45) is 5.92 Å². The van der Waals surface area contributed by atoms with Crippen LogP contribution in [0.25, 0.3) is 0 Å². The maximum Gasteiger partial charge on any atom is 0.0734 e. The molecule has 3 aliphatic rings. The fraction of sp³-hybridized carbons (Fsp3) is 1.00. The van der Waals surface area contributed by atoms with E-state index in [4.69, 9.17) is 4.74 Å². The lowest BCUT2D eigenvalue weighted by Crippen LogP contribution is -2.52. The summed E-state index contributed by atoms with van der Waals surface area (Å²) in [5, 5.41) is 0. The maximum atomic E-state index is 6.03. The van der Waals surface area contributed by atoms with Gasteiger partial charge in [0.2, 0.25) is 0 Å². The molecule has 2 bridgehead atoms. The van der Waals surface area contributed by atoms with Gasteiger partial charge in [-0.1, -0.05) is 6.92 Å². The Morgan fingerprint density at radius 1 is 1.38 bits per heavy atom. The second-order valence-electron chi connectivity index (χ2n) is 4.53. The van der Waals surface area contributed by atoms with Crippen LogP contribution in [0.1, 0.15) is 33.1 Å². The predicted octanol–water partition coefficient (Wildman–Crippen LogP) is 1.90. The van der Waals surface area contributed by atoms with Gasteiger partial charge in [-0.15, -0.1) is 0 Å². The van der Waals surface area contributed by atoms with Crippen molar-refractivity contribution in [2.45, 2.75) is 45.3 Å². The molecule has 3 heterocycles. The lowest BCUT2D eigenvalue weighted by atomic mass is 9.86. The van der Waals surface area contributed by atoms with Crippen molar-refractivity contribution in [1.82, 2.24) is 4.90 Å². The average molecular weight is 183 g/mol. The van der Waals surface area contributed by atoms with E-state index < -0.39 is 0 Å². The SMILES string of the molecule is CCC(C)OC1CN2CCC1CC2. The molecule has 0 aromatic heterocycles. The van der Waals surface area contributed by atoms with Crippen LogP contribution in [-0.4, -0.2) is 36.7 Å². The van der Waals surface area contributed by atoms with Crippen LogP contribution in [0.3, 0.4) is 0 Å². The van der Waals surface area contributed by atoms with E-state index in [-0.39, 0.29) is 0 Å². The monoisotopic (exact) mass is 183 g/mol. The molecule has 2 unspecified atom stereocenters. The van der Waals surface area contributed by atoms with Crippen LogP contribution in [0, 0.1) is 5.92 Å². The summed E-state index contributed by atoms with van der Waals surface area (Å²) >= 11 is 0. The van der Waals surface area contributed by atoms with Crippen molar-refractivity contribution in [3.8, 4) is 0 Å². The highest BCUT2D eigenvalue weighted by atomic mass is 16.5. The minimum atomic E-state index is 0.450. The third-order valence-corrected chi connectivity index (χ3v) is 3.58. The van der Waals surface area contributed by atoms with E-state index in [1.807, 2.05) is 0 Å². The summed E-state index contributed by atoms with van der Waals surface area (Å²) in [5.74, 6) is 0.860. The molecule has 0 aromatic rings. The Morgan fingerprint density at radius 3 is 2.54 bits per heavy atom. The van der Waals surface area contributed by atoms with Gasteiger partial charge in [0.05, 0.1) is 12.2 Å². The van der Waals surface area contributed by atoms with Gasteiger partial charge in [-0.05, 0) is 45.2 Å². The van der Waals surface area contributed by atoms with Crippen molar-refractivity contribution in [2.75, 3.05) is 19.6 Å². The van der Waals surface area contributed by atoms with Gasteiger partial charge < -0.3 is 9.64 Å². The molecular formula is C11H21NO. The number of nitrogens with zero attached hydrogens (tertiary/aromatic N) is 1. The Balaban J connectivity index is 1.86. The smallest absolute Gasteiger partial charge is 0.0734 e. The molecule has 0 aliphatic carbocycles. The van der Waals surface area contributed by atoms with E-state index in [1.165, 1.54) is 32.5 Å². The first-order valence-electron chi connectivity index (χ1n) is 5.67. The quantitative estimate of drug-likeness (QED) is 0.662. The Bertz CT molecular complexity index is 163. The number of ether oxygens (including phenoxy) is 1. The van der Waals surface area contributed by atoms with Crippen molar-refractivity contribution in [3.05, 3.63) is 0 Å². The molecule has 3 fully saturated rings. The second kappa shape index (κ2) is 3.97. The van der Waals surface area contributed by atoms with Gasteiger partial charge in [-0.25, -0.2) is 0 Å². The fourth-order valence-electron chi connectivity index (χ4n) is 2.46. The van der Waals surface area contributed by atoms with E-state index >= 15 is 0 Å². The van der Waals surface area contributed by atoms with Crippen LogP contribution in [0.5, 0.6) is 0 Å². The molecule has 13 heavy (non-hydrogen) atoms. The minimum absolute atomic E-state index is 0.450. The van der Waals surface area contributed by atoms with Crippen molar-refractivity contribution >= 4 is 0 Å². The molecule has 2 heteroatoms. The van der Waals surface area contributed by atoms with Crippen LogP contribution in [0.15, 0.2) is 0 Å². The number of hydrogen-bond donors (Lipinski definition) is 0. The van der Waals surface area contributed by atoms with Crippen molar-refractivity contribution < 1.29 is 4.74 Å². The van der Waals surface area contributed by atoms with Crippen LogP contribution in [-0.2, 0) is 4.74 Å². The molecular weight excluding hydrogens is 162 g/mol. The fourth-order valence-corrected chi connectivity index (χ4v) is 2.46. The third-order valence-electron chi connectivity index (χ3n) is 3.58. The normalized spacial score (nSPS) is 40.6. The van der Waals surface area contributed by atoms with E-state index in [9.17, 15) is 0 Å². The van der Waals surface area contributed by atoms with Crippen LogP contribution >= 0.6 is 0 Å². The van der Waals surface area contributed by atoms with Gasteiger partial charge in [0.15, 0.2) is 0 Å².